The van der Waals surface area contributed by atoms with Crippen molar-refractivity contribution in [3.05, 3.63) is 71.8 Å². The van der Waals surface area contributed by atoms with E-state index in [2.05, 4.69) is 21.3 Å². The van der Waals surface area contributed by atoms with E-state index in [0.717, 1.165) is 55.4 Å². The molecule has 3 aliphatic rings. The molecule has 8 nitrogen and oxygen atoms in total. The van der Waals surface area contributed by atoms with Crippen LogP contribution in [0.25, 0.3) is 6.08 Å². The van der Waals surface area contributed by atoms with E-state index in [4.69, 9.17) is 4.74 Å². The molecule has 2 aromatic carbocycles. The molecule has 0 aromatic heterocycles. The topological polar surface area (TPSA) is 109 Å². The van der Waals surface area contributed by atoms with Crippen molar-refractivity contribution in [3.63, 3.8) is 0 Å². The van der Waals surface area contributed by atoms with Gasteiger partial charge in [0.05, 0.1) is 5.54 Å². The van der Waals surface area contributed by atoms with E-state index in [1.54, 1.807) is 0 Å². The second-order valence-electron chi connectivity index (χ2n) is 11.2. The summed E-state index contributed by atoms with van der Waals surface area (Å²) in [6.07, 6.45) is 10.3. The van der Waals surface area contributed by atoms with Gasteiger partial charge in [-0.2, -0.15) is 0 Å². The SMILES string of the molecule is O=C1NC/C=C/c2ccccc2OCCNC2(CCCC2)C(=O)NC2(CCCC2)C(=O)N[C@H]1Cc1ccccc1. The van der Waals surface area contributed by atoms with Gasteiger partial charge in [0.25, 0.3) is 0 Å². The molecule has 40 heavy (non-hydrogen) atoms. The lowest BCUT2D eigenvalue weighted by molar-refractivity contribution is -0.138. The summed E-state index contributed by atoms with van der Waals surface area (Å²) in [4.78, 5) is 41.2. The van der Waals surface area contributed by atoms with Crippen LogP contribution in [0.1, 0.15) is 62.5 Å². The van der Waals surface area contributed by atoms with E-state index in [-0.39, 0.29) is 17.7 Å². The summed E-state index contributed by atoms with van der Waals surface area (Å²) in [5.41, 5.74) is 0.101. The number of amides is 3. The highest BCUT2D eigenvalue weighted by Gasteiger charge is 2.49. The van der Waals surface area contributed by atoms with Gasteiger partial charge >= 0.3 is 0 Å². The van der Waals surface area contributed by atoms with Crippen LogP contribution >= 0.6 is 0 Å². The van der Waals surface area contributed by atoms with Gasteiger partial charge < -0.3 is 20.7 Å². The molecule has 2 saturated carbocycles. The molecule has 8 heteroatoms. The van der Waals surface area contributed by atoms with Crippen molar-refractivity contribution in [2.24, 2.45) is 0 Å². The Labute approximate surface area is 236 Å². The number of ether oxygens (including phenoxy) is 1. The van der Waals surface area contributed by atoms with Gasteiger partial charge in [-0.25, -0.2) is 0 Å². The average Bonchev–Trinajstić information content (AvgIpc) is 3.65. The summed E-state index contributed by atoms with van der Waals surface area (Å²) in [5.74, 6) is 0.0741. The van der Waals surface area contributed by atoms with Gasteiger partial charge in [0.2, 0.25) is 17.7 Å². The van der Waals surface area contributed by atoms with Crippen molar-refractivity contribution >= 4 is 23.8 Å². The molecule has 5 rings (SSSR count). The summed E-state index contributed by atoms with van der Waals surface area (Å²) in [6, 6.07) is 16.6. The first-order chi connectivity index (χ1) is 19.5. The molecule has 0 saturated heterocycles. The van der Waals surface area contributed by atoms with Crippen LogP contribution in [0.15, 0.2) is 60.7 Å². The van der Waals surface area contributed by atoms with Crippen molar-refractivity contribution < 1.29 is 19.1 Å². The quantitative estimate of drug-likeness (QED) is 0.464. The van der Waals surface area contributed by atoms with Crippen LogP contribution in [0.5, 0.6) is 5.75 Å². The second kappa shape index (κ2) is 12.7. The maximum Gasteiger partial charge on any atom is 0.246 e. The zero-order valence-corrected chi connectivity index (χ0v) is 23.0. The molecular weight excluding hydrogens is 504 g/mol. The fraction of sp³-hybridized carbons (Fsp3) is 0.469. The van der Waals surface area contributed by atoms with E-state index in [9.17, 15) is 14.4 Å². The van der Waals surface area contributed by atoms with Crippen LogP contribution < -0.4 is 26.0 Å². The fourth-order valence-electron chi connectivity index (χ4n) is 6.21. The lowest BCUT2D eigenvalue weighted by Crippen LogP contribution is -2.66. The van der Waals surface area contributed by atoms with Crippen LogP contribution in [0.2, 0.25) is 0 Å². The van der Waals surface area contributed by atoms with Gasteiger partial charge in [0.15, 0.2) is 0 Å². The Balaban J connectivity index is 1.44. The summed E-state index contributed by atoms with van der Waals surface area (Å²) in [6.45, 7) is 1.23. The lowest BCUT2D eigenvalue weighted by atomic mass is 9.90. The van der Waals surface area contributed by atoms with Gasteiger partial charge in [0.1, 0.15) is 23.9 Å². The lowest BCUT2D eigenvalue weighted by Gasteiger charge is -2.36. The number of fused-ring (bicyclic) bond motifs is 1. The van der Waals surface area contributed by atoms with Crippen LogP contribution in [0.3, 0.4) is 0 Å². The molecule has 0 radical (unpaired) electrons. The smallest absolute Gasteiger partial charge is 0.246 e. The van der Waals surface area contributed by atoms with E-state index in [0.29, 0.717) is 39.0 Å². The van der Waals surface area contributed by atoms with E-state index >= 15 is 0 Å². The third-order valence-corrected chi connectivity index (χ3v) is 8.47. The largest absolute Gasteiger partial charge is 0.492 e. The van der Waals surface area contributed by atoms with Crippen molar-refractivity contribution in [3.8, 4) is 5.75 Å². The maximum absolute atomic E-state index is 13.9. The normalized spacial score (nSPS) is 24.2. The number of carbonyl (C=O) groups is 3. The average molecular weight is 545 g/mol. The number of rotatable bonds is 2. The van der Waals surface area contributed by atoms with E-state index < -0.39 is 17.1 Å². The number of hydrogen-bond acceptors (Lipinski definition) is 5. The Morgan fingerprint density at radius 2 is 1.48 bits per heavy atom. The van der Waals surface area contributed by atoms with E-state index in [1.807, 2.05) is 66.7 Å². The standard InChI is InChI=1S/C32H40N4O4/c37-28-26(23-24-11-2-1-3-12-24)35-29(38)32(18-8-9-19-32)36-30(39)31(16-6-7-17-31)34-21-22-40-27-15-5-4-13-25(27)14-10-20-33-28/h1-5,10-15,26,34H,6-9,16-23H2,(H,33,37)(H,35,38)(H,36,39)/b14-10+/t26-/m0/s1. The first kappa shape index (κ1) is 27.9. The van der Waals surface area contributed by atoms with Gasteiger partial charge in [0, 0.05) is 25.1 Å². The zero-order chi connectivity index (χ0) is 27.8. The third-order valence-electron chi connectivity index (χ3n) is 8.47. The summed E-state index contributed by atoms with van der Waals surface area (Å²) in [5, 5.41) is 12.7. The van der Waals surface area contributed by atoms with E-state index in [1.165, 1.54) is 0 Å². The number of para-hydroxylation sites is 1. The number of benzene rings is 2. The maximum atomic E-state index is 13.9. The third kappa shape index (κ3) is 6.39. The summed E-state index contributed by atoms with van der Waals surface area (Å²) < 4.78 is 6.09. The number of nitrogens with one attached hydrogen (secondary N) is 4. The van der Waals surface area contributed by atoms with Crippen LogP contribution in [0.4, 0.5) is 0 Å². The van der Waals surface area contributed by atoms with Crippen molar-refractivity contribution in [2.45, 2.75) is 74.9 Å². The van der Waals surface area contributed by atoms with Crippen molar-refractivity contribution in [1.82, 2.24) is 21.3 Å². The van der Waals surface area contributed by atoms with Gasteiger partial charge in [-0.3, -0.25) is 19.7 Å². The Hall–Kier alpha value is -3.65. The van der Waals surface area contributed by atoms with Crippen molar-refractivity contribution in [2.75, 3.05) is 19.7 Å². The molecule has 0 bridgehead atoms. The molecule has 4 N–H and O–H groups in total. The minimum Gasteiger partial charge on any atom is -0.492 e. The predicted octanol–water partition coefficient (Wildman–Crippen LogP) is 3.27. The molecule has 2 fully saturated rings. The molecule has 2 aliphatic carbocycles. The van der Waals surface area contributed by atoms with Crippen LogP contribution in [-0.2, 0) is 20.8 Å². The first-order valence-electron chi connectivity index (χ1n) is 14.6. The highest BCUT2D eigenvalue weighted by Crippen LogP contribution is 2.34. The first-order valence-corrected chi connectivity index (χ1v) is 14.6. The Morgan fingerprint density at radius 3 is 2.23 bits per heavy atom. The van der Waals surface area contributed by atoms with Crippen LogP contribution in [0, 0.1) is 0 Å². The second-order valence-corrected chi connectivity index (χ2v) is 11.2. The zero-order valence-electron chi connectivity index (χ0n) is 23.0. The molecule has 2 aromatic rings. The number of carbonyl (C=O) groups excluding carboxylic acids is 3. The summed E-state index contributed by atoms with van der Waals surface area (Å²) in [7, 11) is 0. The van der Waals surface area contributed by atoms with Gasteiger partial charge in [-0.05, 0) is 37.3 Å². The number of hydrogen-bond donors (Lipinski definition) is 4. The predicted molar refractivity (Wildman–Crippen MR) is 155 cm³/mol. The Bertz CT molecular complexity index is 1220. The van der Waals surface area contributed by atoms with Gasteiger partial charge in [-0.15, -0.1) is 0 Å². The molecular formula is C32H40N4O4. The summed E-state index contributed by atoms with van der Waals surface area (Å²) >= 11 is 0. The molecule has 2 spiro atoms. The minimum atomic E-state index is -1.02. The minimum absolute atomic E-state index is 0.129. The molecule has 0 unspecified atom stereocenters. The monoisotopic (exact) mass is 544 g/mol. The van der Waals surface area contributed by atoms with Crippen LogP contribution in [-0.4, -0.2) is 54.5 Å². The van der Waals surface area contributed by atoms with Crippen molar-refractivity contribution in [1.29, 1.82) is 0 Å². The molecule has 1 aliphatic heterocycles. The van der Waals surface area contributed by atoms with Gasteiger partial charge in [-0.1, -0.05) is 86.4 Å². The fourth-order valence-corrected chi connectivity index (χ4v) is 6.21. The molecule has 3 amide bonds. The molecule has 1 atom stereocenters. The highest BCUT2D eigenvalue weighted by atomic mass is 16.5. The Kier molecular flexibility index (Phi) is 8.85. The highest BCUT2D eigenvalue weighted by molar-refractivity contribution is 5.97. The molecule has 212 valence electrons. The Morgan fingerprint density at radius 1 is 0.800 bits per heavy atom. The molecule has 1 heterocycles.